The standard InChI is InChI=1S/C42H41P/c1-3-15-34(16-4-1)43(35-17-5-2-6-18-35)36-27-25-31(26-28-36)41-37-19-9-11-21-39(37)42(40-22-12-10-20-38(40)41)33-24-23-30-13-7-8-14-32(30)29-33/h7-14,19-29,34-35H,1-6,15-18H2. The summed E-state index contributed by atoms with van der Waals surface area (Å²) in [6.07, 6.45) is 14.5. The van der Waals surface area contributed by atoms with E-state index in [0.29, 0.717) is 0 Å². The molecule has 2 aliphatic rings. The summed E-state index contributed by atoms with van der Waals surface area (Å²) in [6, 6.07) is 43.9. The van der Waals surface area contributed by atoms with Gasteiger partial charge in [0.1, 0.15) is 0 Å². The highest BCUT2D eigenvalue weighted by Gasteiger charge is 2.32. The molecular weight excluding hydrogens is 535 g/mol. The Morgan fingerprint density at radius 3 is 1.37 bits per heavy atom. The fourth-order valence-corrected chi connectivity index (χ4v) is 12.1. The van der Waals surface area contributed by atoms with Gasteiger partial charge < -0.3 is 0 Å². The molecule has 0 spiro atoms. The van der Waals surface area contributed by atoms with Crippen molar-refractivity contribution in [3.8, 4) is 22.3 Å². The maximum absolute atomic E-state index is 2.55. The van der Waals surface area contributed by atoms with E-state index < -0.39 is 0 Å². The number of hydrogen-bond acceptors (Lipinski definition) is 0. The summed E-state index contributed by atoms with van der Waals surface area (Å²) in [5.41, 5.74) is 7.22. The van der Waals surface area contributed by atoms with Crippen LogP contribution in [0.1, 0.15) is 64.2 Å². The molecule has 0 bridgehead atoms. The molecule has 0 N–H and O–H groups in total. The molecule has 0 heterocycles. The van der Waals surface area contributed by atoms with E-state index in [-0.39, 0.29) is 7.92 Å². The number of rotatable bonds is 5. The average molecular weight is 577 g/mol. The minimum atomic E-state index is -0.0928. The average Bonchev–Trinajstić information content (AvgIpc) is 3.08. The summed E-state index contributed by atoms with van der Waals surface area (Å²) in [5.74, 6) is 0. The first kappa shape index (κ1) is 27.1. The highest BCUT2D eigenvalue weighted by molar-refractivity contribution is 7.67. The highest BCUT2D eigenvalue weighted by Crippen LogP contribution is 2.55. The Labute approximate surface area is 257 Å². The monoisotopic (exact) mass is 576 g/mol. The molecular formula is C42H41P. The minimum Gasteiger partial charge on any atom is -0.0690 e. The predicted octanol–water partition coefficient (Wildman–Crippen LogP) is 12.3. The molecule has 6 aromatic carbocycles. The van der Waals surface area contributed by atoms with Gasteiger partial charge in [0.25, 0.3) is 0 Å². The quantitative estimate of drug-likeness (QED) is 0.141. The highest BCUT2D eigenvalue weighted by atomic mass is 31.1. The minimum absolute atomic E-state index is 0.0928. The topological polar surface area (TPSA) is 0 Å². The van der Waals surface area contributed by atoms with Crippen molar-refractivity contribution in [2.24, 2.45) is 0 Å². The van der Waals surface area contributed by atoms with Crippen LogP contribution in [0.15, 0.2) is 115 Å². The molecule has 0 atom stereocenters. The van der Waals surface area contributed by atoms with Crippen LogP contribution in [0.3, 0.4) is 0 Å². The molecule has 0 aromatic heterocycles. The molecule has 0 radical (unpaired) electrons. The van der Waals surface area contributed by atoms with Gasteiger partial charge in [-0.2, -0.15) is 0 Å². The van der Waals surface area contributed by atoms with E-state index in [1.54, 1.807) is 5.30 Å². The number of benzene rings is 6. The molecule has 0 unspecified atom stereocenters. The van der Waals surface area contributed by atoms with E-state index in [4.69, 9.17) is 0 Å². The summed E-state index contributed by atoms with van der Waals surface area (Å²) < 4.78 is 0. The van der Waals surface area contributed by atoms with Crippen LogP contribution in [0.2, 0.25) is 0 Å². The van der Waals surface area contributed by atoms with E-state index in [0.717, 1.165) is 11.3 Å². The van der Waals surface area contributed by atoms with Crippen LogP contribution in [0.25, 0.3) is 54.6 Å². The maximum atomic E-state index is 2.55. The van der Waals surface area contributed by atoms with Gasteiger partial charge in [0.2, 0.25) is 0 Å². The molecule has 214 valence electrons. The van der Waals surface area contributed by atoms with Crippen molar-refractivity contribution in [3.05, 3.63) is 115 Å². The molecule has 0 nitrogen and oxygen atoms in total. The van der Waals surface area contributed by atoms with Gasteiger partial charge in [-0.3, -0.25) is 0 Å². The molecule has 0 aliphatic heterocycles. The first-order valence-corrected chi connectivity index (χ1v) is 18.1. The summed E-state index contributed by atoms with van der Waals surface area (Å²) in [4.78, 5) is 0. The molecule has 0 amide bonds. The Kier molecular flexibility index (Phi) is 7.50. The lowest BCUT2D eigenvalue weighted by Gasteiger charge is -2.38. The van der Waals surface area contributed by atoms with Crippen molar-refractivity contribution in [2.45, 2.75) is 75.5 Å². The van der Waals surface area contributed by atoms with Crippen molar-refractivity contribution >= 4 is 45.5 Å². The van der Waals surface area contributed by atoms with E-state index in [9.17, 15) is 0 Å². The molecule has 2 saturated carbocycles. The first-order valence-electron chi connectivity index (χ1n) is 16.7. The third kappa shape index (κ3) is 5.09. The van der Waals surface area contributed by atoms with Crippen molar-refractivity contribution in [2.75, 3.05) is 0 Å². The predicted molar refractivity (Wildman–Crippen MR) is 190 cm³/mol. The Morgan fingerprint density at radius 1 is 0.395 bits per heavy atom. The summed E-state index contributed by atoms with van der Waals surface area (Å²) >= 11 is 0. The molecule has 8 rings (SSSR count). The number of fused-ring (bicyclic) bond motifs is 3. The Hall–Kier alpha value is -3.47. The van der Waals surface area contributed by atoms with Gasteiger partial charge >= 0.3 is 0 Å². The van der Waals surface area contributed by atoms with Gasteiger partial charge in [-0.25, -0.2) is 0 Å². The lowest BCUT2D eigenvalue weighted by Crippen LogP contribution is -2.26. The smallest absolute Gasteiger partial charge is 0.00262 e. The van der Waals surface area contributed by atoms with E-state index in [2.05, 4.69) is 115 Å². The zero-order chi connectivity index (χ0) is 28.6. The SMILES string of the molecule is c1ccc2cc(-c3c4ccccc4c(-c4ccc(P(C5CCCCC5)C5CCCCC5)cc4)c4ccccc34)ccc2c1. The zero-order valence-electron chi connectivity index (χ0n) is 25.1. The van der Waals surface area contributed by atoms with Crippen LogP contribution >= 0.6 is 7.92 Å². The van der Waals surface area contributed by atoms with Crippen LogP contribution in [-0.2, 0) is 0 Å². The van der Waals surface area contributed by atoms with Crippen LogP contribution in [0.4, 0.5) is 0 Å². The van der Waals surface area contributed by atoms with Crippen LogP contribution in [-0.4, -0.2) is 11.3 Å². The van der Waals surface area contributed by atoms with E-state index >= 15 is 0 Å². The first-order chi connectivity index (χ1) is 21.3. The maximum Gasteiger partial charge on any atom is -0.00262 e. The summed E-state index contributed by atoms with van der Waals surface area (Å²) in [6.45, 7) is 0. The zero-order valence-corrected chi connectivity index (χ0v) is 26.0. The van der Waals surface area contributed by atoms with Gasteiger partial charge in [0.05, 0.1) is 0 Å². The molecule has 1 heteroatoms. The largest absolute Gasteiger partial charge is 0.0690 e. The summed E-state index contributed by atoms with van der Waals surface area (Å²) in [7, 11) is -0.0928. The molecule has 6 aromatic rings. The Balaban J connectivity index is 1.27. The van der Waals surface area contributed by atoms with Gasteiger partial charge in [0.15, 0.2) is 0 Å². The number of hydrogen-bond donors (Lipinski definition) is 0. The molecule has 2 fully saturated rings. The van der Waals surface area contributed by atoms with Crippen LogP contribution in [0.5, 0.6) is 0 Å². The van der Waals surface area contributed by atoms with Crippen molar-refractivity contribution in [3.63, 3.8) is 0 Å². The fraction of sp³-hybridized carbons (Fsp3) is 0.286. The van der Waals surface area contributed by atoms with Crippen molar-refractivity contribution < 1.29 is 0 Å². The van der Waals surface area contributed by atoms with Crippen LogP contribution < -0.4 is 5.30 Å². The van der Waals surface area contributed by atoms with Gasteiger partial charge in [0, 0.05) is 0 Å². The second-order valence-electron chi connectivity index (χ2n) is 12.9. The third-order valence-corrected chi connectivity index (χ3v) is 13.9. The van der Waals surface area contributed by atoms with Gasteiger partial charge in [-0.1, -0.05) is 156 Å². The molecule has 43 heavy (non-hydrogen) atoms. The molecule has 0 saturated heterocycles. The fourth-order valence-electron chi connectivity index (χ4n) is 8.33. The van der Waals surface area contributed by atoms with E-state index in [1.807, 2.05) is 0 Å². The van der Waals surface area contributed by atoms with Crippen LogP contribution in [0, 0.1) is 0 Å². The van der Waals surface area contributed by atoms with Gasteiger partial charge in [-0.05, 0) is 103 Å². The lowest BCUT2D eigenvalue weighted by atomic mass is 9.85. The normalized spacial score (nSPS) is 16.9. The third-order valence-electron chi connectivity index (χ3n) is 10.4. The summed E-state index contributed by atoms with van der Waals surface area (Å²) in [5, 5.41) is 9.61. The van der Waals surface area contributed by atoms with Gasteiger partial charge in [-0.15, -0.1) is 0 Å². The van der Waals surface area contributed by atoms with E-state index in [1.165, 1.54) is 119 Å². The van der Waals surface area contributed by atoms with Crippen molar-refractivity contribution in [1.82, 2.24) is 0 Å². The molecule has 2 aliphatic carbocycles. The second-order valence-corrected chi connectivity index (χ2v) is 15.7. The Morgan fingerprint density at radius 2 is 0.837 bits per heavy atom. The lowest BCUT2D eigenvalue weighted by molar-refractivity contribution is 0.487. The second kappa shape index (κ2) is 11.9. The van der Waals surface area contributed by atoms with Crippen molar-refractivity contribution in [1.29, 1.82) is 0 Å². The Bertz CT molecular complexity index is 1810.